The third-order valence-corrected chi connectivity index (χ3v) is 4.62. The van der Waals surface area contributed by atoms with Gasteiger partial charge in [-0.3, -0.25) is 9.69 Å². The van der Waals surface area contributed by atoms with Crippen LogP contribution in [0.25, 0.3) is 0 Å². The molecule has 6 heteroatoms. The van der Waals surface area contributed by atoms with Crippen molar-refractivity contribution in [1.82, 2.24) is 4.90 Å². The van der Waals surface area contributed by atoms with Crippen LogP contribution in [0.15, 0.2) is 42.5 Å². The van der Waals surface area contributed by atoms with Gasteiger partial charge < -0.3 is 10.2 Å². The smallest absolute Gasteiger partial charge is 0.225 e. The average molecular weight is 359 g/mol. The minimum absolute atomic E-state index is 0.207. The van der Waals surface area contributed by atoms with Gasteiger partial charge in [0.15, 0.2) is 0 Å². The van der Waals surface area contributed by atoms with Crippen molar-refractivity contribution in [3.63, 3.8) is 0 Å². The SMILES string of the molecule is Cc1cccc(N2CCN(CCC(=O)Nc3c(F)cccc3F)CC2)c1. The van der Waals surface area contributed by atoms with Crippen molar-refractivity contribution >= 4 is 17.3 Å². The predicted molar refractivity (Wildman–Crippen MR) is 99.4 cm³/mol. The fourth-order valence-electron chi connectivity index (χ4n) is 3.13. The molecule has 1 heterocycles. The molecule has 1 saturated heterocycles. The summed E-state index contributed by atoms with van der Waals surface area (Å²) in [6, 6.07) is 11.9. The van der Waals surface area contributed by atoms with Crippen LogP contribution in [0, 0.1) is 18.6 Å². The first kappa shape index (κ1) is 18.3. The molecule has 0 aliphatic carbocycles. The Balaban J connectivity index is 1.46. The number of halogens is 2. The second-order valence-electron chi connectivity index (χ2n) is 6.56. The van der Waals surface area contributed by atoms with Crippen molar-refractivity contribution in [3.05, 3.63) is 59.7 Å². The molecule has 1 amide bonds. The van der Waals surface area contributed by atoms with Crippen molar-refractivity contribution in [1.29, 1.82) is 0 Å². The van der Waals surface area contributed by atoms with Gasteiger partial charge in [0.05, 0.1) is 0 Å². The maximum absolute atomic E-state index is 13.6. The lowest BCUT2D eigenvalue weighted by atomic mass is 10.2. The Morgan fingerprint density at radius 2 is 1.69 bits per heavy atom. The summed E-state index contributed by atoms with van der Waals surface area (Å²) in [6.07, 6.45) is 0.207. The highest BCUT2D eigenvalue weighted by molar-refractivity contribution is 5.91. The van der Waals surface area contributed by atoms with E-state index < -0.39 is 11.6 Å². The van der Waals surface area contributed by atoms with Crippen LogP contribution >= 0.6 is 0 Å². The highest BCUT2D eigenvalue weighted by Crippen LogP contribution is 2.19. The molecule has 3 rings (SSSR count). The lowest BCUT2D eigenvalue weighted by Gasteiger charge is -2.36. The van der Waals surface area contributed by atoms with E-state index in [2.05, 4.69) is 46.3 Å². The molecule has 1 aliphatic heterocycles. The molecule has 4 nitrogen and oxygen atoms in total. The third-order valence-electron chi connectivity index (χ3n) is 4.62. The normalized spacial score (nSPS) is 15.1. The van der Waals surface area contributed by atoms with Gasteiger partial charge in [-0.2, -0.15) is 0 Å². The average Bonchev–Trinajstić information content (AvgIpc) is 2.64. The summed E-state index contributed by atoms with van der Waals surface area (Å²) in [4.78, 5) is 16.5. The zero-order chi connectivity index (χ0) is 18.5. The second kappa shape index (κ2) is 8.27. The predicted octanol–water partition coefficient (Wildman–Crippen LogP) is 3.42. The number of nitrogens with zero attached hydrogens (tertiary/aromatic N) is 2. The summed E-state index contributed by atoms with van der Waals surface area (Å²) in [5, 5.41) is 2.33. The number of carbonyl (C=O) groups excluding carboxylic acids is 1. The Morgan fingerprint density at radius 3 is 2.35 bits per heavy atom. The van der Waals surface area contributed by atoms with E-state index in [1.54, 1.807) is 0 Å². The summed E-state index contributed by atoms with van der Waals surface area (Å²) < 4.78 is 27.1. The summed E-state index contributed by atoms with van der Waals surface area (Å²) >= 11 is 0. The molecular formula is C20H23F2N3O. The molecule has 0 radical (unpaired) electrons. The number of aryl methyl sites for hydroxylation is 1. The second-order valence-corrected chi connectivity index (χ2v) is 6.56. The highest BCUT2D eigenvalue weighted by atomic mass is 19.1. The van der Waals surface area contributed by atoms with Crippen LogP contribution in [0.2, 0.25) is 0 Å². The maximum atomic E-state index is 13.6. The van der Waals surface area contributed by atoms with Crippen LogP contribution in [0.5, 0.6) is 0 Å². The molecule has 0 saturated carbocycles. The lowest BCUT2D eigenvalue weighted by molar-refractivity contribution is -0.116. The molecule has 0 atom stereocenters. The number of rotatable bonds is 5. The Labute approximate surface area is 152 Å². The number of benzene rings is 2. The first-order chi connectivity index (χ1) is 12.5. The Bertz CT molecular complexity index is 753. The zero-order valence-electron chi connectivity index (χ0n) is 14.8. The number of carbonyl (C=O) groups is 1. The van der Waals surface area contributed by atoms with Gasteiger partial charge in [0.25, 0.3) is 0 Å². The summed E-state index contributed by atoms with van der Waals surface area (Å²) in [7, 11) is 0. The van der Waals surface area contributed by atoms with Crippen molar-refractivity contribution in [2.45, 2.75) is 13.3 Å². The molecule has 2 aromatic rings. The van der Waals surface area contributed by atoms with E-state index in [0.717, 1.165) is 38.3 Å². The van der Waals surface area contributed by atoms with Crippen molar-refractivity contribution in [2.75, 3.05) is 42.9 Å². The van der Waals surface area contributed by atoms with Gasteiger partial charge in [0, 0.05) is 44.8 Å². The van der Waals surface area contributed by atoms with E-state index in [0.29, 0.717) is 6.54 Å². The van der Waals surface area contributed by atoms with Crippen molar-refractivity contribution in [3.8, 4) is 0 Å². The van der Waals surface area contributed by atoms with Crippen LogP contribution in [-0.2, 0) is 4.79 Å². The Hall–Kier alpha value is -2.47. The van der Waals surface area contributed by atoms with Gasteiger partial charge in [0.1, 0.15) is 17.3 Å². The minimum atomic E-state index is -0.759. The van der Waals surface area contributed by atoms with E-state index in [9.17, 15) is 13.6 Å². The fourth-order valence-corrected chi connectivity index (χ4v) is 3.13. The first-order valence-corrected chi connectivity index (χ1v) is 8.81. The number of anilines is 2. The molecule has 0 aromatic heterocycles. The number of nitrogens with one attached hydrogen (secondary N) is 1. The van der Waals surface area contributed by atoms with E-state index in [-0.39, 0.29) is 18.0 Å². The van der Waals surface area contributed by atoms with E-state index in [4.69, 9.17) is 0 Å². The van der Waals surface area contributed by atoms with Gasteiger partial charge in [0.2, 0.25) is 5.91 Å². The number of para-hydroxylation sites is 1. The summed E-state index contributed by atoms with van der Waals surface area (Å²) in [5.41, 5.74) is 2.08. The molecule has 1 fully saturated rings. The quantitative estimate of drug-likeness (QED) is 0.889. The topological polar surface area (TPSA) is 35.6 Å². The van der Waals surface area contributed by atoms with Gasteiger partial charge in [-0.15, -0.1) is 0 Å². The van der Waals surface area contributed by atoms with E-state index in [1.807, 2.05) is 0 Å². The maximum Gasteiger partial charge on any atom is 0.225 e. The first-order valence-electron chi connectivity index (χ1n) is 8.81. The molecule has 26 heavy (non-hydrogen) atoms. The molecule has 2 aromatic carbocycles. The molecule has 0 bridgehead atoms. The Kier molecular flexibility index (Phi) is 5.83. The highest BCUT2D eigenvalue weighted by Gasteiger charge is 2.18. The zero-order valence-corrected chi connectivity index (χ0v) is 14.8. The van der Waals surface area contributed by atoms with Gasteiger partial charge >= 0.3 is 0 Å². The monoisotopic (exact) mass is 359 g/mol. The number of piperazine rings is 1. The Morgan fingerprint density at radius 1 is 1.04 bits per heavy atom. The molecule has 1 N–H and O–H groups in total. The van der Waals surface area contributed by atoms with Crippen molar-refractivity contribution < 1.29 is 13.6 Å². The third kappa shape index (κ3) is 4.58. The van der Waals surface area contributed by atoms with Gasteiger partial charge in [-0.1, -0.05) is 18.2 Å². The summed E-state index contributed by atoms with van der Waals surface area (Å²) in [6.45, 7) is 6.16. The van der Waals surface area contributed by atoms with Gasteiger partial charge in [-0.25, -0.2) is 8.78 Å². The van der Waals surface area contributed by atoms with Crippen LogP contribution < -0.4 is 10.2 Å². The summed E-state index contributed by atoms with van der Waals surface area (Å²) in [5.74, 6) is -1.90. The van der Waals surface area contributed by atoms with Crippen LogP contribution in [-0.4, -0.2) is 43.5 Å². The number of hydrogen-bond acceptors (Lipinski definition) is 3. The standard InChI is InChI=1S/C20H23F2N3O/c1-15-4-2-5-16(14-15)25-12-10-24(11-13-25)9-8-19(26)23-20-17(21)6-3-7-18(20)22/h2-7,14H,8-13H2,1H3,(H,23,26). The van der Waals surface area contributed by atoms with Crippen LogP contribution in [0.1, 0.15) is 12.0 Å². The molecule has 1 aliphatic rings. The van der Waals surface area contributed by atoms with E-state index in [1.165, 1.54) is 17.3 Å². The minimum Gasteiger partial charge on any atom is -0.369 e. The lowest BCUT2D eigenvalue weighted by Crippen LogP contribution is -2.47. The number of amides is 1. The number of hydrogen-bond donors (Lipinski definition) is 1. The van der Waals surface area contributed by atoms with Crippen LogP contribution in [0.4, 0.5) is 20.2 Å². The largest absolute Gasteiger partial charge is 0.369 e. The molecular weight excluding hydrogens is 336 g/mol. The van der Waals surface area contributed by atoms with Gasteiger partial charge in [-0.05, 0) is 36.8 Å². The van der Waals surface area contributed by atoms with E-state index >= 15 is 0 Å². The fraction of sp³-hybridized carbons (Fsp3) is 0.350. The molecule has 138 valence electrons. The molecule has 0 spiro atoms. The molecule has 0 unspecified atom stereocenters. The van der Waals surface area contributed by atoms with Crippen molar-refractivity contribution in [2.24, 2.45) is 0 Å². The van der Waals surface area contributed by atoms with Crippen LogP contribution in [0.3, 0.4) is 0 Å².